The third kappa shape index (κ3) is 4.07. The van der Waals surface area contributed by atoms with E-state index >= 15 is 0 Å². The quantitative estimate of drug-likeness (QED) is 0.660. The Bertz CT molecular complexity index is 835. The molecule has 6 heteroatoms. The largest absolute Gasteiger partial charge is 0.495 e. The van der Waals surface area contributed by atoms with Crippen LogP contribution in [-0.2, 0) is 16.6 Å². The smallest absolute Gasteiger partial charge is 0.247 e. The molecule has 3 rings (SSSR count). The first-order valence-corrected chi connectivity index (χ1v) is 10.6. The van der Waals surface area contributed by atoms with Crippen LogP contribution < -0.4 is 4.74 Å². The van der Waals surface area contributed by atoms with E-state index in [9.17, 15) is 8.42 Å². The van der Waals surface area contributed by atoms with Crippen LogP contribution in [0.1, 0.15) is 25.3 Å². The summed E-state index contributed by atoms with van der Waals surface area (Å²) in [6.45, 7) is 2.36. The summed E-state index contributed by atoms with van der Waals surface area (Å²) in [6.07, 6.45) is 2.16. The lowest BCUT2D eigenvalue weighted by Gasteiger charge is -2.29. The summed E-state index contributed by atoms with van der Waals surface area (Å²) in [7, 11) is -2.20. The molecule has 1 atom stereocenters. The Morgan fingerprint density at radius 1 is 1.20 bits per heavy atom. The monoisotopic (exact) mass is 423 g/mol. The van der Waals surface area contributed by atoms with Crippen LogP contribution in [0.25, 0.3) is 0 Å². The summed E-state index contributed by atoms with van der Waals surface area (Å²) in [4.78, 5) is 0.202. The standard InChI is InChI=1S/C19H22BrNO3S/c1-14(16-8-9-16)21(13-15-6-4-3-5-7-15)25(22,23)19-12-17(20)10-11-18(19)24-2/h3-7,10-12,14,16H,8-9,13H2,1-2H3/t14-/m1/s1. The zero-order chi connectivity index (χ0) is 18.0. The van der Waals surface area contributed by atoms with Crippen molar-refractivity contribution in [2.75, 3.05) is 7.11 Å². The second-order valence-corrected chi connectivity index (χ2v) is 9.18. The number of hydrogen-bond donors (Lipinski definition) is 0. The second-order valence-electron chi connectivity index (χ2n) is 6.41. The molecule has 1 aliphatic carbocycles. The summed E-state index contributed by atoms with van der Waals surface area (Å²) in [5.74, 6) is 0.792. The normalized spacial score (nSPS) is 16.0. The van der Waals surface area contributed by atoms with Gasteiger partial charge in [0, 0.05) is 17.1 Å². The van der Waals surface area contributed by atoms with Gasteiger partial charge < -0.3 is 4.74 Å². The van der Waals surface area contributed by atoms with Crippen LogP contribution >= 0.6 is 15.9 Å². The Labute approximate surface area is 158 Å². The number of hydrogen-bond acceptors (Lipinski definition) is 3. The van der Waals surface area contributed by atoms with Crippen molar-refractivity contribution in [2.45, 2.75) is 37.2 Å². The highest BCUT2D eigenvalue weighted by molar-refractivity contribution is 9.10. The molecule has 0 amide bonds. The molecule has 25 heavy (non-hydrogen) atoms. The van der Waals surface area contributed by atoms with Gasteiger partial charge in [0.05, 0.1) is 7.11 Å². The number of sulfonamides is 1. The van der Waals surface area contributed by atoms with Crippen molar-refractivity contribution in [2.24, 2.45) is 5.92 Å². The van der Waals surface area contributed by atoms with Gasteiger partial charge in [-0.1, -0.05) is 46.3 Å². The van der Waals surface area contributed by atoms with Crippen LogP contribution in [0.2, 0.25) is 0 Å². The van der Waals surface area contributed by atoms with Crippen LogP contribution in [-0.4, -0.2) is 25.9 Å². The van der Waals surface area contributed by atoms with Crippen molar-refractivity contribution in [3.8, 4) is 5.75 Å². The van der Waals surface area contributed by atoms with Crippen LogP contribution in [0.5, 0.6) is 5.75 Å². The van der Waals surface area contributed by atoms with E-state index in [1.807, 2.05) is 37.3 Å². The Hall–Kier alpha value is -1.37. The van der Waals surface area contributed by atoms with Gasteiger partial charge in [0.1, 0.15) is 10.6 Å². The molecule has 0 heterocycles. The van der Waals surface area contributed by atoms with Gasteiger partial charge in [-0.25, -0.2) is 8.42 Å². The summed E-state index contributed by atoms with van der Waals surface area (Å²) in [5.41, 5.74) is 0.979. The molecule has 0 unspecified atom stereocenters. The first-order chi connectivity index (χ1) is 11.9. The highest BCUT2D eigenvalue weighted by Crippen LogP contribution is 2.39. The Kier molecular flexibility index (Phi) is 5.51. The van der Waals surface area contributed by atoms with Gasteiger partial charge in [-0.15, -0.1) is 0 Å². The topological polar surface area (TPSA) is 46.6 Å². The molecule has 134 valence electrons. The molecule has 0 aliphatic heterocycles. The number of methoxy groups -OCH3 is 1. The van der Waals surface area contributed by atoms with E-state index in [0.29, 0.717) is 22.7 Å². The van der Waals surface area contributed by atoms with Crippen molar-refractivity contribution in [3.63, 3.8) is 0 Å². The lowest BCUT2D eigenvalue weighted by Crippen LogP contribution is -2.39. The molecule has 0 saturated heterocycles. The SMILES string of the molecule is COc1ccc(Br)cc1S(=O)(=O)N(Cc1ccccc1)[C@H](C)C1CC1. The average Bonchev–Trinajstić information content (AvgIpc) is 3.45. The van der Waals surface area contributed by atoms with Gasteiger partial charge in [-0.2, -0.15) is 4.31 Å². The Morgan fingerprint density at radius 3 is 2.48 bits per heavy atom. The van der Waals surface area contributed by atoms with Crippen molar-refractivity contribution in [1.29, 1.82) is 0 Å². The number of rotatable bonds is 7. The van der Waals surface area contributed by atoms with Crippen molar-refractivity contribution in [3.05, 3.63) is 58.6 Å². The molecule has 1 fully saturated rings. The molecule has 1 saturated carbocycles. The molecule has 2 aromatic rings. The molecule has 2 aromatic carbocycles. The van der Waals surface area contributed by atoms with Crippen molar-refractivity contribution >= 4 is 26.0 Å². The maximum atomic E-state index is 13.5. The molecule has 0 radical (unpaired) electrons. The summed E-state index contributed by atoms with van der Waals surface area (Å²) in [5, 5.41) is 0. The minimum Gasteiger partial charge on any atom is -0.495 e. The van der Waals surface area contributed by atoms with E-state index in [2.05, 4.69) is 15.9 Å². The molecule has 0 aromatic heterocycles. The highest BCUT2D eigenvalue weighted by Gasteiger charge is 2.39. The second kappa shape index (κ2) is 7.48. The maximum Gasteiger partial charge on any atom is 0.247 e. The average molecular weight is 424 g/mol. The van der Waals surface area contributed by atoms with Crippen LogP contribution in [0.3, 0.4) is 0 Å². The molecule has 0 N–H and O–H groups in total. The van der Waals surface area contributed by atoms with Crippen LogP contribution in [0.4, 0.5) is 0 Å². The first-order valence-electron chi connectivity index (χ1n) is 8.33. The fraction of sp³-hybridized carbons (Fsp3) is 0.368. The van der Waals surface area contributed by atoms with Crippen LogP contribution in [0.15, 0.2) is 57.9 Å². The third-order valence-corrected chi connectivity index (χ3v) is 7.10. The molecule has 1 aliphatic rings. The predicted molar refractivity (Wildman–Crippen MR) is 102 cm³/mol. The maximum absolute atomic E-state index is 13.5. The fourth-order valence-electron chi connectivity index (χ4n) is 3.00. The zero-order valence-corrected chi connectivity index (χ0v) is 16.8. The number of ether oxygens (including phenoxy) is 1. The molecular formula is C19H22BrNO3S. The Balaban J connectivity index is 2.03. The highest BCUT2D eigenvalue weighted by atomic mass is 79.9. The summed E-state index contributed by atoms with van der Waals surface area (Å²) in [6, 6.07) is 14.7. The minimum atomic E-state index is -3.69. The lowest BCUT2D eigenvalue weighted by atomic mass is 10.2. The minimum absolute atomic E-state index is 0.0473. The Morgan fingerprint density at radius 2 is 1.88 bits per heavy atom. The van der Waals surface area contributed by atoms with E-state index < -0.39 is 10.0 Å². The van der Waals surface area contributed by atoms with E-state index in [1.54, 1.807) is 22.5 Å². The third-order valence-electron chi connectivity index (χ3n) is 4.65. The van der Waals surface area contributed by atoms with Gasteiger partial charge in [-0.3, -0.25) is 0 Å². The van der Waals surface area contributed by atoms with E-state index in [4.69, 9.17) is 4.74 Å². The first kappa shape index (κ1) is 18.4. The lowest BCUT2D eigenvalue weighted by molar-refractivity contribution is 0.301. The van der Waals surface area contributed by atoms with Gasteiger partial charge in [-0.05, 0) is 49.4 Å². The molecule has 0 spiro atoms. The van der Waals surface area contributed by atoms with Gasteiger partial charge in [0.2, 0.25) is 10.0 Å². The van der Waals surface area contributed by atoms with Gasteiger partial charge >= 0.3 is 0 Å². The number of halogens is 1. The molecule has 4 nitrogen and oxygen atoms in total. The summed E-state index contributed by atoms with van der Waals surface area (Å²) >= 11 is 3.37. The zero-order valence-electron chi connectivity index (χ0n) is 14.4. The fourth-order valence-corrected chi connectivity index (χ4v) is 5.38. The van der Waals surface area contributed by atoms with E-state index in [0.717, 1.165) is 18.4 Å². The van der Waals surface area contributed by atoms with E-state index in [-0.39, 0.29) is 10.9 Å². The number of benzene rings is 2. The summed E-state index contributed by atoms with van der Waals surface area (Å²) < 4.78 is 34.6. The van der Waals surface area contributed by atoms with Gasteiger partial charge in [0.25, 0.3) is 0 Å². The van der Waals surface area contributed by atoms with E-state index in [1.165, 1.54) is 7.11 Å². The van der Waals surface area contributed by atoms with Crippen molar-refractivity contribution in [1.82, 2.24) is 4.31 Å². The molecule has 0 bridgehead atoms. The van der Waals surface area contributed by atoms with Crippen molar-refractivity contribution < 1.29 is 13.2 Å². The number of nitrogens with zero attached hydrogens (tertiary/aromatic N) is 1. The predicted octanol–water partition coefficient (Wildman–Crippen LogP) is 4.45. The molecular weight excluding hydrogens is 402 g/mol. The van der Waals surface area contributed by atoms with Gasteiger partial charge in [0.15, 0.2) is 0 Å². The van der Waals surface area contributed by atoms with Crippen LogP contribution in [0, 0.1) is 5.92 Å².